The number of hydrogen-bond acceptors (Lipinski definition) is 4. The van der Waals surface area contributed by atoms with Crippen LogP contribution in [0.15, 0.2) is 34.6 Å². The summed E-state index contributed by atoms with van der Waals surface area (Å²) in [6, 6.07) is 6.11. The third kappa shape index (κ3) is 3.42. The number of benzene rings is 1. The second-order valence-electron chi connectivity index (χ2n) is 6.00. The number of methoxy groups -OCH3 is 2. The van der Waals surface area contributed by atoms with Gasteiger partial charge in [0.2, 0.25) is 0 Å². The molecule has 0 aliphatic heterocycles. The van der Waals surface area contributed by atoms with E-state index in [-0.39, 0.29) is 12.1 Å². The molecule has 1 aromatic carbocycles. The van der Waals surface area contributed by atoms with Gasteiger partial charge in [-0.1, -0.05) is 18.2 Å². The van der Waals surface area contributed by atoms with Gasteiger partial charge in [0.15, 0.2) is 11.5 Å². The summed E-state index contributed by atoms with van der Waals surface area (Å²) >= 11 is 5.98. The van der Waals surface area contributed by atoms with Crippen LogP contribution in [0.5, 0.6) is 11.5 Å². The number of halogens is 1. The number of ether oxygens (including phenoxy) is 2. The van der Waals surface area contributed by atoms with Gasteiger partial charge in [0, 0.05) is 34.6 Å². The Balaban J connectivity index is 2.16. The molecule has 1 fully saturated rings. The van der Waals surface area contributed by atoms with Crippen molar-refractivity contribution < 1.29 is 9.47 Å². The molecule has 0 spiro atoms. The molecule has 6 heteroatoms. The Bertz CT molecular complexity index is 840. The zero-order valence-corrected chi connectivity index (χ0v) is 14.7. The summed E-state index contributed by atoms with van der Waals surface area (Å²) in [6.45, 7) is 4.52. The zero-order valence-electron chi connectivity index (χ0n) is 13.9. The zero-order chi connectivity index (χ0) is 17.3. The fourth-order valence-corrected chi connectivity index (χ4v) is 2.88. The maximum absolute atomic E-state index is 12.9. The summed E-state index contributed by atoms with van der Waals surface area (Å²) in [5.74, 6) is 1.20. The first-order valence-electron chi connectivity index (χ1n) is 7.88. The average Bonchev–Trinajstić information content (AvgIpc) is 3.38. The topological polar surface area (TPSA) is 52.5 Å². The summed E-state index contributed by atoms with van der Waals surface area (Å²) in [5.41, 5.74) is 1.39. The quantitative estimate of drug-likeness (QED) is 0.835. The van der Waals surface area contributed by atoms with Gasteiger partial charge >= 0.3 is 0 Å². The minimum Gasteiger partial charge on any atom is -0.493 e. The molecule has 0 unspecified atom stereocenters. The lowest BCUT2D eigenvalue weighted by atomic mass is 10.1. The summed E-state index contributed by atoms with van der Waals surface area (Å²) in [6.07, 6.45) is 2.34. The van der Waals surface area contributed by atoms with E-state index in [1.165, 1.54) is 12.8 Å². The molecule has 1 saturated carbocycles. The maximum atomic E-state index is 12.9. The second kappa shape index (κ2) is 6.87. The fraction of sp³-hybridized carbons (Fsp3) is 0.389. The number of fused-ring (bicyclic) bond motifs is 1. The minimum atomic E-state index is -0.0651. The van der Waals surface area contributed by atoms with Crippen LogP contribution in [0.3, 0.4) is 0 Å². The summed E-state index contributed by atoms with van der Waals surface area (Å²) in [7, 11) is 3.16. The van der Waals surface area contributed by atoms with Crippen molar-refractivity contribution in [3.63, 3.8) is 0 Å². The number of nitrogens with one attached hydrogen (secondary N) is 1. The van der Waals surface area contributed by atoms with Crippen LogP contribution < -0.4 is 20.3 Å². The molecule has 1 heterocycles. The average molecular weight is 349 g/mol. The van der Waals surface area contributed by atoms with Crippen LogP contribution in [-0.2, 0) is 13.1 Å². The molecular formula is C18H21ClN2O3. The first kappa shape index (κ1) is 16.9. The molecule has 1 N–H and O–H groups in total. The Labute approximate surface area is 145 Å². The Kier molecular flexibility index (Phi) is 4.83. The van der Waals surface area contributed by atoms with Crippen molar-refractivity contribution in [3.05, 3.63) is 45.7 Å². The molecule has 128 valence electrons. The maximum Gasteiger partial charge on any atom is 0.255 e. The van der Waals surface area contributed by atoms with E-state index in [0.29, 0.717) is 34.7 Å². The fourth-order valence-electron chi connectivity index (χ4n) is 2.76. The van der Waals surface area contributed by atoms with E-state index in [2.05, 4.69) is 11.9 Å². The van der Waals surface area contributed by atoms with Gasteiger partial charge in [-0.2, -0.15) is 0 Å². The van der Waals surface area contributed by atoms with Crippen LogP contribution in [-0.4, -0.2) is 24.8 Å². The van der Waals surface area contributed by atoms with E-state index in [9.17, 15) is 4.79 Å². The van der Waals surface area contributed by atoms with E-state index >= 15 is 0 Å². The van der Waals surface area contributed by atoms with Crippen LogP contribution in [0.4, 0.5) is 0 Å². The Morgan fingerprint density at radius 1 is 1.29 bits per heavy atom. The van der Waals surface area contributed by atoms with Gasteiger partial charge in [-0.05, 0) is 25.0 Å². The van der Waals surface area contributed by atoms with Crippen LogP contribution in [0.25, 0.3) is 10.9 Å². The molecule has 0 bridgehead atoms. The number of allylic oxidation sites excluding steroid dienone is 1. The van der Waals surface area contributed by atoms with Gasteiger partial charge in [-0.25, -0.2) is 0 Å². The van der Waals surface area contributed by atoms with E-state index < -0.39 is 0 Å². The van der Waals surface area contributed by atoms with E-state index in [4.69, 9.17) is 21.1 Å². The lowest BCUT2D eigenvalue weighted by molar-refractivity contribution is 0.355. The third-order valence-corrected chi connectivity index (χ3v) is 4.28. The van der Waals surface area contributed by atoms with E-state index in [1.807, 2.05) is 12.1 Å². The molecule has 0 saturated heterocycles. The summed E-state index contributed by atoms with van der Waals surface area (Å²) in [5, 5.41) is 4.69. The predicted molar refractivity (Wildman–Crippen MR) is 96.2 cm³/mol. The highest BCUT2D eigenvalue weighted by Crippen LogP contribution is 2.32. The van der Waals surface area contributed by atoms with Crippen LogP contribution >= 0.6 is 11.6 Å². The van der Waals surface area contributed by atoms with E-state index in [1.54, 1.807) is 24.9 Å². The molecule has 1 aliphatic carbocycles. The molecule has 2 aromatic rings. The monoisotopic (exact) mass is 348 g/mol. The molecule has 0 atom stereocenters. The van der Waals surface area contributed by atoms with Crippen molar-refractivity contribution in [2.75, 3.05) is 14.2 Å². The number of aromatic nitrogens is 1. The number of hydrogen-bond donors (Lipinski definition) is 1. The highest BCUT2D eigenvalue weighted by Gasteiger charge is 2.21. The molecule has 0 amide bonds. The Hall–Kier alpha value is -1.98. The Morgan fingerprint density at radius 2 is 1.96 bits per heavy atom. The van der Waals surface area contributed by atoms with Crippen LogP contribution in [0.2, 0.25) is 0 Å². The highest BCUT2D eigenvalue weighted by molar-refractivity contribution is 6.29. The smallest absolute Gasteiger partial charge is 0.255 e. The standard InChI is InChI=1S/C18H21ClN2O3/c1-11(19)10-21-15-8-17(24-3)16(23-2)7-12(15)6-13(18(21)22)9-20-14-4-5-14/h6-8,14,20H,1,4-5,9-10H2,2-3H3. The largest absolute Gasteiger partial charge is 0.493 e. The van der Waals surface area contributed by atoms with Gasteiger partial charge in [0.25, 0.3) is 5.56 Å². The molecule has 1 aromatic heterocycles. The van der Waals surface area contributed by atoms with Gasteiger partial charge in [-0.3, -0.25) is 4.79 Å². The summed E-state index contributed by atoms with van der Waals surface area (Å²) < 4.78 is 12.4. The van der Waals surface area contributed by atoms with Crippen molar-refractivity contribution >= 4 is 22.5 Å². The lowest BCUT2D eigenvalue weighted by Crippen LogP contribution is -2.28. The summed E-state index contributed by atoms with van der Waals surface area (Å²) in [4.78, 5) is 12.9. The number of nitrogens with zero attached hydrogens (tertiary/aromatic N) is 1. The highest BCUT2D eigenvalue weighted by atomic mass is 35.5. The van der Waals surface area contributed by atoms with E-state index in [0.717, 1.165) is 10.9 Å². The lowest BCUT2D eigenvalue weighted by Gasteiger charge is -2.15. The minimum absolute atomic E-state index is 0.0651. The van der Waals surface area contributed by atoms with Crippen molar-refractivity contribution in [3.8, 4) is 11.5 Å². The van der Waals surface area contributed by atoms with Gasteiger partial charge in [0.05, 0.1) is 26.3 Å². The molecular weight excluding hydrogens is 328 g/mol. The van der Waals surface area contributed by atoms with Crippen molar-refractivity contribution in [1.29, 1.82) is 0 Å². The van der Waals surface area contributed by atoms with Gasteiger partial charge in [0.1, 0.15) is 0 Å². The van der Waals surface area contributed by atoms with Crippen LogP contribution in [0, 0.1) is 0 Å². The van der Waals surface area contributed by atoms with Gasteiger partial charge < -0.3 is 19.4 Å². The first-order valence-corrected chi connectivity index (χ1v) is 8.26. The Morgan fingerprint density at radius 3 is 2.54 bits per heavy atom. The number of rotatable bonds is 7. The molecule has 24 heavy (non-hydrogen) atoms. The van der Waals surface area contributed by atoms with Crippen molar-refractivity contribution in [1.82, 2.24) is 9.88 Å². The SMILES string of the molecule is C=C(Cl)Cn1c(=O)c(CNC2CC2)cc2cc(OC)c(OC)cc21. The molecule has 5 nitrogen and oxygen atoms in total. The molecule has 3 rings (SSSR count). The normalized spacial score (nSPS) is 14.0. The molecule has 0 radical (unpaired) electrons. The van der Waals surface area contributed by atoms with Gasteiger partial charge in [-0.15, -0.1) is 0 Å². The third-order valence-electron chi connectivity index (χ3n) is 4.16. The second-order valence-corrected chi connectivity index (χ2v) is 6.53. The number of pyridine rings is 1. The van der Waals surface area contributed by atoms with Crippen molar-refractivity contribution in [2.24, 2.45) is 0 Å². The predicted octanol–water partition coefficient (Wildman–Crippen LogP) is 3.02. The first-order chi connectivity index (χ1) is 11.5. The van der Waals surface area contributed by atoms with Crippen molar-refractivity contribution in [2.45, 2.75) is 32.0 Å². The molecule has 1 aliphatic rings. The van der Waals surface area contributed by atoms with Crippen LogP contribution in [0.1, 0.15) is 18.4 Å².